The molecule has 1 aliphatic rings. The lowest BCUT2D eigenvalue weighted by molar-refractivity contribution is -0.133. The number of thiophene rings is 1. The predicted molar refractivity (Wildman–Crippen MR) is 76.2 cm³/mol. The first kappa shape index (κ1) is 13.6. The zero-order valence-corrected chi connectivity index (χ0v) is 12.2. The first-order chi connectivity index (χ1) is 9.75. The van der Waals surface area contributed by atoms with E-state index in [1.54, 1.807) is 11.3 Å². The van der Waals surface area contributed by atoms with Crippen molar-refractivity contribution in [2.24, 2.45) is 0 Å². The largest absolute Gasteiger partial charge is 0.481 e. The van der Waals surface area contributed by atoms with Crippen LogP contribution in [0.25, 0.3) is 10.7 Å². The van der Waals surface area contributed by atoms with Crippen LogP contribution in [0.3, 0.4) is 0 Å². The van der Waals surface area contributed by atoms with Gasteiger partial charge in [0, 0.05) is 6.61 Å². The third kappa shape index (κ3) is 2.72. The van der Waals surface area contributed by atoms with Gasteiger partial charge < -0.3 is 9.84 Å². The van der Waals surface area contributed by atoms with Crippen molar-refractivity contribution >= 4 is 29.1 Å². The van der Waals surface area contributed by atoms with Gasteiger partial charge in [0.2, 0.25) is 0 Å². The molecule has 2 aromatic heterocycles. The van der Waals surface area contributed by atoms with E-state index in [0.717, 1.165) is 23.7 Å². The van der Waals surface area contributed by atoms with Gasteiger partial charge in [-0.3, -0.25) is 9.36 Å². The van der Waals surface area contributed by atoms with Crippen LogP contribution in [0.4, 0.5) is 0 Å². The molecule has 3 rings (SSSR count). The molecule has 2 aromatic rings. The van der Waals surface area contributed by atoms with Crippen molar-refractivity contribution in [3.8, 4) is 10.7 Å². The summed E-state index contributed by atoms with van der Waals surface area (Å²) in [4.78, 5) is 11.8. The van der Waals surface area contributed by atoms with Gasteiger partial charge in [0.05, 0.1) is 23.3 Å². The van der Waals surface area contributed by atoms with E-state index in [-0.39, 0.29) is 11.8 Å². The number of hydrogen-bond acceptors (Lipinski definition) is 6. The Balaban J connectivity index is 1.95. The van der Waals surface area contributed by atoms with Crippen LogP contribution < -0.4 is 0 Å². The van der Waals surface area contributed by atoms with Gasteiger partial charge in [-0.2, -0.15) is 0 Å². The molecule has 1 atom stereocenters. The van der Waals surface area contributed by atoms with Crippen molar-refractivity contribution < 1.29 is 14.6 Å². The van der Waals surface area contributed by atoms with Gasteiger partial charge in [-0.1, -0.05) is 17.8 Å². The third-order valence-electron chi connectivity index (χ3n) is 3.00. The summed E-state index contributed by atoms with van der Waals surface area (Å²) in [6, 6.07) is 4.14. The van der Waals surface area contributed by atoms with E-state index in [1.165, 1.54) is 11.8 Å². The van der Waals surface area contributed by atoms with E-state index in [1.807, 2.05) is 22.1 Å². The first-order valence-corrected chi connectivity index (χ1v) is 8.03. The van der Waals surface area contributed by atoms with Crippen LogP contribution in [0.2, 0.25) is 0 Å². The van der Waals surface area contributed by atoms with Crippen molar-refractivity contribution in [2.75, 3.05) is 19.0 Å². The summed E-state index contributed by atoms with van der Waals surface area (Å²) in [5.41, 5.74) is 0. The molecule has 1 aliphatic heterocycles. The van der Waals surface area contributed by atoms with Crippen molar-refractivity contribution in [1.82, 2.24) is 14.8 Å². The van der Waals surface area contributed by atoms with Crippen molar-refractivity contribution in [1.29, 1.82) is 0 Å². The molecule has 106 valence electrons. The standard InChI is InChI=1S/C12H13N3O3S2/c16-10(17)7-20-12-14-13-11(9-2-1-5-19-9)15(12)8-3-4-18-6-8/h1-2,5,8H,3-4,6-7H2,(H,16,17). The van der Waals surface area contributed by atoms with Crippen molar-refractivity contribution in [3.05, 3.63) is 17.5 Å². The summed E-state index contributed by atoms with van der Waals surface area (Å²) in [6.45, 7) is 1.34. The maximum absolute atomic E-state index is 10.7. The van der Waals surface area contributed by atoms with Gasteiger partial charge in [-0.15, -0.1) is 21.5 Å². The molecule has 1 saturated heterocycles. The molecule has 8 heteroatoms. The predicted octanol–water partition coefficient (Wildman–Crippen LogP) is 2.14. The van der Waals surface area contributed by atoms with Crippen LogP contribution in [0.1, 0.15) is 12.5 Å². The lowest BCUT2D eigenvalue weighted by Gasteiger charge is -2.14. The summed E-state index contributed by atoms with van der Waals surface area (Å²) in [7, 11) is 0. The van der Waals surface area contributed by atoms with Crippen LogP contribution in [0, 0.1) is 0 Å². The maximum Gasteiger partial charge on any atom is 0.313 e. The Morgan fingerprint density at radius 2 is 2.50 bits per heavy atom. The highest BCUT2D eigenvalue weighted by molar-refractivity contribution is 7.99. The Labute approximate surface area is 123 Å². The molecule has 1 fully saturated rings. The normalized spacial score (nSPS) is 18.5. The molecule has 0 amide bonds. The highest BCUT2D eigenvalue weighted by Gasteiger charge is 2.26. The summed E-state index contributed by atoms with van der Waals surface area (Å²) >= 11 is 2.80. The average molecular weight is 311 g/mol. The summed E-state index contributed by atoms with van der Waals surface area (Å²) < 4.78 is 7.46. The highest BCUT2D eigenvalue weighted by atomic mass is 32.2. The minimum atomic E-state index is -0.857. The molecule has 0 spiro atoms. The van der Waals surface area contributed by atoms with E-state index in [2.05, 4.69) is 10.2 Å². The van der Waals surface area contributed by atoms with Crippen molar-refractivity contribution in [2.45, 2.75) is 17.6 Å². The van der Waals surface area contributed by atoms with E-state index in [4.69, 9.17) is 9.84 Å². The van der Waals surface area contributed by atoms with E-state index in [0.29, 0.717) is 11.8 Å². The monoisotopic (exact) mass is 311 g/mol. The fourth-order valence-electron chi connectivity index (χ4n) is 2.13. The summed E-state index contributed by atoms with van der Waals surface area (Å²) in [6.07, 6.45) is 0.900. The molecule has 0 aromatic carbocycles. The molecule has 6 nitrogen and oxygen atoms in total. The Morgan fingerprint density at radius 3 is 3.15 bits per heavy atom. The van der Waals surface area contributed by atoms with Crippen molar-refractivity contribution in [3.63, 3.8) is 0 Å². The van der Waals surface area contributed by atoms with Crippen LogP contribution in [-0.4, -0.2) is 44.8 Å². The Bertz CT molecular complexity index is 591. The van der Waals surface area contributed by atoms with E-state index in [9.17, 15) is 4.79 Å². The quantitative estimate of drug-likeness (QED) is 0.853. The second-order valence-electron chi connectivity index (χ2n) is 4.35. The third-order valence-corrected chi connectivity index (χ3v) is 4.80. The number of rotatable bonds is 5. The maximum atomic E-state index is 10.7. The minimum Gasteiger partial charge on any atom is -0.481 e. The molecule has 0 bridgehead atoms. The molecule has 1 unspecified atom stereocenters. The second-order valence-corrected chi connectivity index (χ2v) is 6.24. The van der Waals surface area contributed by atoms with E-state index >= 15 is 0 Å². The van der Waals surface area contributed by atoms with Crippen LogP contribution >= 0.6 is 23.1 Å². The van der Waals surface area contributed by atoms with Crippen LogP contribution in [0.15, 0.2) is 22.7 Å². The average Bonchev–Trinajstić information content (AvgIpc) is 3.15. The van der Waals surface area contributed by atoms with Gasteiger partial charge in [-0.25, -0.2) is 0 Å². The lowest BCUT2D eigenvalue weighted by Crippen LogP contribution is -2.12. The first-order valence-electron chi connectivity index (χ1n) is 6.17. The molecule has 20 heavy (non-hydrogen) atoms. The molecular formula is C12H13N3O3S2. The molecule has 0 saturated carbocycles. The number of carboxylic acids is 1. The van der Waals surface area contributed by atoms with Gasteiger partial charge in [0.1, 0.15) is 0 Å². The fourth-order valence-corrected chi connectivity index (χ4v) is 3.56. The molecule has 3 heterocycles. The minimum absolute atomic E-state index is 0.0177. The topological polar surface area (TPSA) is 77.2 Å². The Morgan fingerprint density at radius 1 is 1.60 bits per heavy atom. The van der Waals surface area contributed by atoms with Gasteiger partial charge in [-0.05, 0) is 17.9 Å². The molecule has 0 aliphatic carbocycles. The summed E-state index contributed by atoms with van der Waals surface area (Å²) in [5, 5.41) is 19.8. The zero-order valence-electron chi connectivity index (χ0n) is 10.6. The van der Waals surface area contributed by atoms with Gasteiger partial charge in [0.25, 0.3) is 0 Å². The number of nitrogens with zero attached hydrogens (tertiary/aromatic N) is 3. The number of ether oxygens (including phenoxy) is 1. The lowest BCUT2D eigenvalue weighted by atomic mass is 10.2. The smallest absolute Gasteiger partial charge is 0.313 e. The number of thioether (sulfide) groups is 1. The number of hydrogen-bond donors (Lipinski definition) is 1. The number of carboxylic acid groups (broad SMARTS) is 1. The van der Waals surface area contributed by atoms with Crippen LogP contribution in [-0.2, 0) is 9.53 Å². The Kier molecular flexibility index (Phi) is 4.04. The highest BCUT2D eigenvalue weighted by Crippen LogP contribution is 2.33. The Hall–Kier alpha value is -1.38. The molecular weight excluding hydrogens is 298 g/mol. The summed E-state index contributed by atoms with van der Waals surface area (Å²) in [5.74, 6) is -0.0795. The fraction of sp³-hybridized carbons (Fsp3) is 0.417. The second kappa shape index (κ2) is 5.94. The zero-order chi connectivity index (χ0) is 13.9. The number of carbonyl (C=O) groups is 1. The molecule has 0 radical (unpaired) electrons. The van der Waals surface area contributed by atoms with Gasteiger partial charge >= 0.3 is 5.97 Å². The van der Waals surface area contributed by atoms with Gasteiger partial charge in [0.15, 0.2) is 11.0 Å². The SMILES string of the molecule is O=C(O)CSc1nnc(-c2cccs2)n1C1CCOC1. The molecule has 1 N–H and O–H groups in total. The number of aliphatic carboxylic acids is 1. The van der Waals surface area contributed by atoms with Crippen LogP contribution in [0.5, 0.6) is 0 Å². The number of aromatic nitrogens is 3. The van der Waals surface area contributed by atoms with E-state index < -0.39 is 5.97 Å².